The van der Waals surface area contributed by atoms with Gasteiger partial charge in [0.15, 0.2) is 18.1 Å². The number of carbonyl (C=O) groups is 3. The van der Waals surface area contributed by atoms with Crippen LogP contribution >= 0.6 is 0 Å². The topological polar surface area (TPSA) is 91.4 Å². The van der Waals surface area contributed by atoms with Crippen molar-refractivity contribution in [2.75, 3.05) is 29.5 Å². The van der Waals surface area contributed by atoms with E-state index in [1.807, 2.05) is 43.3 Å². The van der Waals surface area contributed by atoms with Gasteiger partial charge in [-0.15, -0.1) is 0 Å². The van der Waals surface area contributed by atoms with Crippen LogP contribution in [0, 0.1) is 6.92 Å². The maximum Gasteiger partial charge on any atom is 0.343 e. The molecule has 0 aromatic heterocycles. The molecule has 0 bridgehead atoms. The van der Waals surface area contributed by atoms with E-state index in [-0.39, 0.29) is 29.8 Å². The maximum atomic E-state index is 13.6. The zero-order chi connectivity index (χ0) is 26.6. The van der Waals surface area contributed by atoms with Crippen LogP contribution < -0.4 is 24.6 Å². The van der Waals surface area contributed by atoms with Crippen LogP contribution in [0.3, 0.4) is 0 Å². The van der Waals surface area contributed by atoms with E-state index in [1.165, 1.54) is 11.0 Å². The molecular weight excluding hydrogens is 484 g/mol. The highest BCUT2D eigenvalue weighted by molar-refractivity contribution is 6.22. The van der Waals surface area contributed by atoms with Gasteiger partial charge in [-0.05, 0) is 61.7 Å². The molecule has 3 aromatic rings. The quantitative estimate of drug-likeness (QED) is 0.457. The minimum absolute atomic E-state index is 0.132. The largest absolute Gasteiger partial charge is 0.480 e. The Morgan fingerprint density at radius 3 is 2.37 bits per heavy atom. The number of para-hydroxylation sites is 1. The zero-order valence-electron chi connectivity index (χ0n) is 21.1. The van der Waals surface area contributed by atoms with Crippen molar-refractivity contribution < 1.29 is 23.9 Å². The Hall–Kier alpha value is -4.79. The molecule has 0 atom stereocenters. The third-order valence-corrected chi connectivity index (χ3v) is 6.33. The third-order valence-electron chi connectivity index (χ3n) is 6.33. The van der Waals surface area contributed by atoms with E-state index in [2.05, 4.69) is 11.9 Å². The SMILES string of the molecule is C=C1NC(=O)N(c2ccc(Oc3ccccc3)c(OCC(=O)N3CCCC3)c2)C(=O)N1c1cccc(C)c1. The summed E-state index contributed by atoms with van der Waals surface area (Å²) in [4.78, 5) is 43.3. The number of hydrogen-bond acceptors (Lipinski definition) is 5. The van der Waals surface area contributed by atoms with Gasteiger partial charge in [-0.3, -0.25) is 10.1 Å². The zero-order valence-corrected chi connectivity index (χ0v) is 21.1. The van der Waals surface area contributed by atoms with Crippen LogP contribution in [0.5, 0.6) is 17.2 Å². The number of aryl methyl sites for hydroxylation is 1. The van der Waals surface area contributed by atoms with Crippen molar-refractivity contribution in [3.63, 3.8) is 0 Å². The van der Waals surface area contributed by atoms with Gasteiger partial charge in [0.1, 0.15) is 11.6 Å². The number of rotatable bonds is 7. The van der Waals surface area contributed by atoms with Gasteiger partial charge < -0.3 is 14.4 Å². The average Bonchev–Trinajstić information content (AvgIpc) is 3.44. The Balaban J connectivity index is 1.46. The van der Waals surface area contributed by atoms with E-state index < -0.39 is 12.1 Å². The van der Waals surface area contributed by atoms with Crippen LogP contribution in [-0.4, -0.2) is 42.6 Å². The molecule has 3 aromatic carbocycles. The van der Waals surface area contributed by atoms with E-state index in [4.69, 9.17) is 9.47 Å². The predicted octanol–water partition coefficient (Wildman–Crippen LogP) is 5.42. The van der Waals surface area contributed by atoms with Gasteiger partial charge in [0.2, 0.25) is 0 Å². The Kier molecular flexibility index (Phi) is 6.99. The molecule has 0 aliphatic carbocycles. The summed E-state index contributed by atoms with van der Waals surface area (Å²) in [5, 5.41) is 2.65. The summed E-state index contributed by atoms with van der Waals surface area (Å²) >= 11 is 0. The fraction of sp³-hybridized carbons (Fsp3) is 0.207. The molecule has 5 rings (SSSR count). The molecule has 0 radical (unpaired) electrons. The van der Waals surface area contributed by atoms with Crippen molar-refractivity contribution in [3.8, 4) is 17.2 Å². The van der Waals surface area contributed by atoms with Crippen molar-refractivity contribution in [1.82, 2.24) is 10.2 Å². The van der Waals surface area contributed by atoms with Gasteiger partial charge in [0, 0.05) is 19.2 Å². The van der Waals surface area contributed by atoms with E-state index in [0.29, 0.717) is 30.3 Å². The van der Waals surface area contributed by atoms with Gasteiger partial charge in [0.25, 0.3) is 5.91 Å². The Bertz CT molecular complexity index is 1380. The summed E-state index contributed by atoms with van der Waals surface area (Å²) in [5.74, 6) is 1.17. The number of anilines is 2. The number of imide groups is 1. The second-order valence-corrected chi connectivity index (χ2v) is 9.09. The Morgan fingerprint density at radius 1 is 0.895 bits per heavy atom. The fourth-order valence-electron chi connectivity index (χ4n) is 4.44. The summed E-state index contributed by atoms with van der Waals surface area (Å²) in [7, 11) is 0. The number of urea groups is 2. The van der Waals surface area contributed by atoms with Crippen LogP contribution in [0.15, 0.2) is 85.2 Å². The van der Waals surface area contributed by atoms with Crippen LogP contribution in [0.4, 0.5) is 21.0 Å². The summed E-state index contributed by atoms with van der Waals surface area (Å²) < 4.78 is 11.9. The first-order valence-electron chi connectivity index (χ1n) is 12.4. The van der Waals surface area contributed by atoms with E-state index in [9.17, 15) is 14.4 Å². The summed E-state index contributed by atoms with van der Waals surface area (Å²) in [5.41, 5.74) is 1.77. The lowest BCUT2D eigenvalue weighted by atomic mass is 10.2. The van der Waals surface area contributed by atoms with E-state index >= 15 is 0 Å². The summed E-state index contributed by atoms with van der Waals surface area (Å²) in [6.07, 6.45) is 1.94. The van der Waals surface area contributed by atoms with Gasteiger partial charge in [-0.2, -0.15) is 0 Å². The normalized spacial score (nSPS) is 15.5. The first kappa shape index (κ1) is 24.9. The standard InChI is InChI=1S/C29H28N4O5/c1-20-9-8-10-22(17-20)32-21(2)30-28(35)33(29(32)36)23-13-14-25(38-24-11-4-3-5-12-24)26(18-23)37-19-27(34)31-15-6-7-16-31/h3-5,8-14,17-18H,2,6-7,15-16,19H2,1H3,(H,30,35). The number of likely N-dealkylation sites (tertiary alicyclic amines) is 1. The number of nitrogens with zero attached hydrogens (tertiary/aromatic N) is 3. The highest BCUT2D eigenvalue weighted by atomic mass is 16.5. The Morgan fingerprint density at radius 2 is 1.63 bits per heavy atom. The lowest BCUT2D eigenvalue weighted by molar-refractivity contribution is -0.132. The van der Waals surface area contributed by atoms with Crippen molar-refractivity contribution in [2.45, 2.75) is 19.8 Å². The Labute approximate surface area is 220 Å². The van der Waals surface area contributed by atoms with Gasteiger partial charge in [-0.25, -0.2) is 19.4 Å². The second-order valence-electron chi connectivity index (χ2n) is 9.09. The number of benzene rings is 3. The van der Waals surface area contributed by atoms with Crippen molar-refractivity contribution in [1.29, 1.82) is 0 Å². The first-order valence-corrected chi connectivity index (χ1v) is 12.4. The molecule has 0 saturated carbocycles. The lowest BCUT2D eigenvalue weighted by Crippen LogP contribution is -2.58. The highest BCUT2D eigenvalue weighted by Crippen LogP contribution is 2.37. The number of ether oxygens (including phenoxy) is 2. The molecule has 2 fully saturated rings. The monoisotopic (exact) mass is 512 g/mol. The summed E-state index contributed by atoms with van der Waals surface area (Å²) in [6.45, 7) is 6.98. The van der Waals surface area contributed by atoms with Crippen LogP contribution in [-0.2, 0) is 4.79 Å². The van der Waals surface area contributed by atoms with Gasteiger partial charge in [0.05, 0.1) is 11.4 Å². The van der Waals surface area contributed by atoms with Gasteiger partial charge in [-0.1, -0.05) is 36.9 Å². The first-order chi connectivity index (χ1) is 18.4. The molecule has 194 valence electrons. The van der Waals surface area contributed by atoms with E-state index in [0.717, 1.165) is 23.3 Å². The smallest absolute Gasteiger partial charge is 0.343 e. The highest BCUT2D eigenvalue weighted by Gasteiger charge is 2.37. The fourth-order valence-corrected chi connectivity index (χ4v) is 4.44. The maximum absolute atomic E-state index is 13.6. The summed E-state index contributed by atoms with van der Waals surface area (Å²) in [6, 6.07) is 19.9. The third kappa shape index (κ3) is 5.17. The van der Waals surface area contributed by atoms with Crippen LogP contribution in [0.2, 0.25) is 0 Å². The molecule has 0 unspecified atom stereocenters. The number of carbonyl (C=O) groups excluding carboxylic acids is 3. The molecule has 5 amide bonds. The molecule has 2 aliphatic heterocycles. The molecule has 1 N–H and O–H groups in total. The van der Waals surface area contributed by atoms with Crippen LogP contribution in [0.25, 0.3) is 0 Å². The molecule has 9 heteroatoms. The molecule has 2 aliphatic rings. The number of nitrogens with one attached hydrogen (secondary N) is 1. The van der Waals surface area contributed by atoms with Crippen LogP contribution in [0.1, 0.15) is 18.4 Å². The minimum Gasteiger partial charge on any atom is -0.480 e. The average molecular weight is 513 g/mol. The van der Waals surface area contributed by atoms with Crippen molar-refractivity contribution in [3.05, 3.63) is 90.8 Å². The lowest BCUT2D eigenvalue weighted by Gasteiger charge is -2.36. The minimum atomic E-state index is -0.653. The number of hydrogen-bond donors (Lipinski definition) is 1. The predicted molar refractivity (Wildman–Crippen MR) is 143 cm³/mol. The van der Waals surface area contributed by atoms with Crippen molar-refractivity contribution in [2.24, 2.45) is 0 Å². The second kappa shape index (κ2) is 10.7. The number of amides is 5. The molecular formula is C29H28N4O5. The molecule has 38 heavy (non-hydrogen) atoms. The van der Waals surface area contributed by atoms with Gasteiger partial charge >= 0.3 is 12.1 Å². The molecule has 0 spiro atoms. The molecule has 2 heterocycles. The molecule has 2 saturated heterocycles. The molecule has 9 nitrogen and oxygen atoms in total. The van der Waals surface area contributed by atoms with Crippen molar-refractivity contribution >= 4 is 29.3 Å². The van der Waals surface area contributed by atoms with E-state index in [1.54, 1.807) is 35.2 Å².